The molecule has 0 aromatic heterocycles. The number of hydrogen-bond donors (Lipinski definition) is 0. The van der Waals surface area contributed by atoms with Crippen molar-refractivity contribution in [1.82, 2.24) is 0 Å². The summed E-state index contributed by atoms with van der Waals surface area (Å²) in [6.07, 6.45) is 17.9. The molecular weight excluding hydrogens is 468 g/mol. The minimum absolute atomic E-state index is 0.0963. The summed E-state index contributed by atoms with van der Waals surface area (Å²) in [7, 11) is 0. The van der Waals surface area contributed by atoms with Crippen molar-refractivity contribution in [2.75, 3.05) is 0 Å². The Morgan fingerprint density at radius 3 is 2.68 bits per heavy atom. The van der Waals surface area contributed by atoms with E-state index in [-0.39, 0.29) is 6.04 Å². The first-order valence-electron chi connectivity index (χ1n) is 13.1. The lowest BCUT2D eigenvalue weighted by molar-refractivity contribution is 0.494. The lowest BCUT2D eigenvalue weighted by Crippen LogP contribution is -2.24. The number of allylic oxidation sites excluding steroid dienone is 7. The van der Waals surface area contributed by atoms with Crippen molar-refractivity contribution < 1.29 is 0 Å². The molecule has 0 bridgehead atoms. The molecule has 0 amide bonds. The van der Waals surface area contributed by atoms with Gasteiger partial charge in [0, 0.05) is 22.5 Å². The summed E-state index contributed by atoms with van der Waals surface area (Å²) in [5.41, 5.74) is 9.03. The van der Waals surface area contributed by atoms with Gasteiger partial charge < -0.3 is 0 Å². The highest BCUT2D eigenvalue weighted by Crippen LogP contribution is 2.52. The minimum atomic E-state index is 0.0963. The molecule has 4 aliphatic rings. The van der Waals surface area contributed by atoms with E-state index in [2.05, 4.69) is 114 Å². The highest BCUT2D eigenvalue weighted by atomic mass is 32.2. The Kier molecular flexibility index (Phi) is 5.87. The van der Waals surface area contributed by atoms with Crippen LogP contribution in [0.4, 0.5) is 0 Å². The van der Waals surface area contributed by atoms with Crippen LogP contribution in [0.1, 0.15) is 41.1 Å². The lowest BCUT2D eigenvalue weighted by Gasteiger charge is -2.31. The van der Waals surface area contributed by atoms with Crippen LogP contribution in [-0.4, -0.2) is 17.3 Å². The van der Waals surface area contributed by atoms with Gasteiger partial charge in [0.2, 0.25) is 0 Å². The van der Waals surface area contributed by atoms with Crippen molar-refractivity contribution in [3.8, 4) is 0 Å². The van der Waals surface area contributed by atoms with Gasteiger partial charge in [0.1, 0.15) is 6.34 Å². The van der Waals surface area contributed by atoms with E-state index in [0.717, 1.165) is 18.6 Å². The number of thioether (sulfide) groups is 1. The average Bonchev–Trinajstić information content (AvgIpc) is 3.37. The summed E-state index contributed by atoms with van der Waals surface area (Å²) in [5, 5.41) is 0.495. The zero-order valence-electron chi connectivity index (χ0n) is 20.6. The third-order valence-electron chi connectivity index (χ3n) is 7.87. The molecule has 2 aliphatic carbocycles. The second-order valence-corrected chi connectivity index (χ2v) is 11.3. The molecule has 7 rings (SSSR count). The maximum atomic E-state index is 4.74. The molecule has 4 unspecified atom stereocenters. The predicted molar refractivity (Wildman–Crippen MR) is 157 cm³/mol. The third kappa shape index (κ3) is 4.28. The molecule has 3 aromatic carbocycles. The number of hydrogen-bond acceptors (Lipinski definition) is 3. The average molecular weight is 497 g/mol. The lowest BCUT2D eigenvalue weighted by atomic mass is 9.77. The fourth-order valence-corrected chi connectivity index (χ4v) is 7.50. The second-order valence-electron chi connectivity index (χ2n) is 10.1. The monoisotopic (exact) mass is 496 g/mol. The van der Waals surface area contributed by atoms with Crippen LogP contribution >= 0.6 is 11.8 Å². The first-order chi connectivity index (χ1) is 18.3. The first kappa shape index (κ1) is 22.5. The Balaban J connectivity index is 1.13. The van der Waals surface area contributed by atoms with Gasteiger partial charge in [-0.25, -0.2) is 4.99 Å². The highest BCUT2D eigenvalue weighted by molar-refractivity contribution is 8.00. The molecule has 0 saturated heterocycles. The Hall–Kier alpha value is -3.69. The highest BCUT2D eigenvalue weighted by Gasteiger charge is 2.37. The minimum Gasteiger partial charge on any atom is -0.265 e. The maximum absolute atomic E-state index is 4.74. The van der Waals surface area contributed by atoms with Gasteiger partial charge in [-0.05, 0) is 57.9 Å². The molecule has 2 nitrogen and oxygen atoms in total. The molecule has 0 spiro atoms. The van der Waals surface area contributed by atoms with E-state index in [1.165, 1.54) is 38.3 Å². The molecular formula is C34H28N2S. The van der Waals surface area contributed by atoms with Crippen LogP contribution < -0.4 is 0 Å². The molecule has 0 saturated carbocycles. The standard InChI is InChI=1S/C34H28N2S/c1-2-9-23(10-3-1)31-21-32(36-22-35-31)27-14-7-12-25(20-27)24-11-6-13-26(19-24)28-16-8-17-30-29-15-4-5-18-33(29)37-34(28)30/h1-12,14-20,22,26,28,32,34H,13,21H2. The molecule has 2 heterocycles. The number of benzene rings is 3. The SMILES string of the molecule is C1=CC(C2C=C(c3cccc(C4CC(c5ccccc5)=NC=N4)c3)C=CC2)C2Sc3ccccc3C2=C1. The van der Waals surface area contributed by atoms with Gasteiger partial charge in [-0.3, -0.25) is 4.99 Å². The van der Waals surface area contributed by atoms with Crippen LogP contribution in [0.3, 0.4) is 0 Å². The van der Waals surface area contributed by atoms with Crippen LogP contribution in [0.2, 0.25) is 0 Å². The van der Waals surface area contributed by atoms with Gasteiger partial charge in [0.15, 0.2) is 0 Å². The largest absolute Gasteiger partial charge is 0.265 e. The Morgan fingerprint density at radius 2 is 1.73 bits per heavy atom. The Bertz CT molecular complexity index is 1520. The van der Waals surface area contributed by atoms with E-state index >= 15 is 0 Å². The van der Waals surface area contributed by atoms with Crippen LogP contribution in [0, 0.1) is 11.8 Å². The number of fused-ring (bicyclic) bond motifs is 3. The van der Waals surface area contributed by atoms with Gasteiger partial charge in [0.25, 0.3) is 0 Å². The van der Waals surface area contributed by atoms with E-state index in [9.17, 15) is 0 Å². The van der Waals surface area contributed by atoms with E-state index in [0.29, 0.717) is 17.1 Å². The first-order valence-corrected chi connectivity index (χ1v) is 14.0. The van der Waals surface area contributed by atoms with Crippen molar-refractivity contribution in [2.45, 2.75) is 29.0 Å². The van der Waals surface area contributed by atoms with Crippen LogP contribution in [0.15, 0.2) is 130 Å². The van der Waals surface area contributed by atoms with Gasteiger partial charge >= 0.3 is 0 Å². The van der Waals surface area contributed by atoms with Crippen molar-refractivity contribution in [1.29, 1.82) is 0 Å². The Morgan fingerprint density at radius 1 is 0.865 bits per heavy atom. The molecule has 4 atom stereocenters. The van der Waals surface area contributed by atoms with Crippen LogP contribution in [0.5, 0.6) is 0 Å². The number of aliphatic imine (C=N–C) groups is 2. The number of rotatable bonds is 4. The van der Waals surface area contributed by atoms with E-state index in [1.807, 2.05) is 17.8 Å². The quantitative estimate of drug-likeness (QED) is 0.356. The molecule has 2 aliphatic heterocycles. The number of nitrogens with zero attached hydrogens (tertiary/aromatic N) is 2. The van der Waals surface area contributed by atoms with Gasteiger partial charge in [-0.2, -0.15) is 0 Å². The van der Waals surface area contributed by atoms with Gasteiger partial charge in [0.05, 0.1) is 11.8 Å². The molecule has 180 valence electrons. The molecule has 0 fully saturated rings. The zero-order chi connectivity index (χ0) is 24.6. The van der Waals surface area contributed by atoms with E-state index in [1.54, 1.807) is 6.34 Å². The Labute approximate surface area is 223 Å². The summed E-state index contributed by atoms with van der Waals surface area (Å²) in [6, 6.07) is 28.4. The molecule has 37 heavy (non-hydrogen) atoms. The molecule has 0 radical (unpaired) electrons. The maximum Gasteiger partial charge on any atom is 0.110 e. The molecule has 0 N–H and O–H groups in total. The zero-order valence-corrected chi connectivity index (χ0v) is 21.4. The fraction of sp³-hybridized carbons (Fsp3) is 0.176. The second kappa shape index (κ2) is 9.64. The van der Waals surface area contributed by atoms with E-state index < -0.39 is 0 Å². The van der Waals surface area contributed by atoms with Crippen LogP contribution in [-0.2, 0) is 0 Å². The topological polar surface area (TPSA) is 24.7 Å². The molecule has 3 aromatic rings. The summed E-state index contributed by atoms with van der Waals surface area (Å²) in [5.74, 6) is 0.980. The summed E-state index contributed by atoms with van der Waals surface area (Å²) in [6.45, 7) is 0. The van der Waals surface area contributed by atoms with Crippen LogP contribution in [0.25, 0.3) is 11.1 Å². The van der Waals surface area contributed by atoms with Gasteiger partial charge in [-0.15, -0.1) is 11.8 Å². The van der Waals surface area contributed by atoms with Crippen molar-refractivity contribution in [2.24, 2.45) is 21.8 Å². The smallest absolute Gasteiger partial charge is 0.110 e. The van der Waals surface area contributed by atoms with Crippen molar-refractivity contribution >= 4 is 35.0 Å². The predicted octanol–water partition coefficient (Wildman–Crippen LogP) is 8.35. The third-order valence-corrected chi connectivity index (χ3v) is 9.30. The molecule has 3 heteroatoms. The van der Waals surface area contributed by atoms with Crippen molar-refractivity contribution in [3.05, 3.63) is 138 Å². The fourth-order valence-electron chi connectivity index (χ4n) is 5.98. The van der Waals surface area contributed by atoms with E-state index in [4.69, 9.17) is 4.99 Å². The van der Waals surface area contributed by atoms with Gasteiger partial charge in [-0.1, -0.05) is 103 Å². The normalized spacial score (nSPS) is 25.7. The summed E-state index contributed by atoms with van der Waals surface area (Å²) >= 11 is 2.04. The van der Waals surface area contributed by atoms with Crippen molar-refractivity contribution in [3.63, 3.8) is 0 Å². The summed E-state index contributed by atoms with van der Waals surface area (Å²) < 4.78 is 0. The summed E-state index contributed by atoms with van der Waals surface area (Å²) in [4.78, 5) is 10.7.